The van der Waals surface area contributed by atoms with Crippen LogP contribution in [-0.2, 0) is 11.2 Å². The molecule has 0 bridgehead atoms. The molecule has 0 aliphatic carbocycles. The van der Waals surface area contributed by atoms with Gasteiger partial charge in [0.15, 0.2) is 5.60 Å². The van der Waals surface area contributed by atoms with E-state index in [0.717, 1.165) is 49.9 Å². The number of ether oxygens (including phenoxy) is 1. The summed E-state index contributed by atoms with van der Waals surface area (Å²) in [4.78, 5) is 4.88. The lowest BCUT2D eigenvalue weighted by Crippen LogP contribution is -2.37. The zero-order valence-corrected chi connectivity index (χ0v) is 22.7. The first-order chi connectivity index (χ1) is 19.0. The molecule has 0 fully saturated rings. The number of hydrogen-bond acceptors (Lipinski definition) is 5. The van der Waals surface area contributed by atoms with Gasteiger partial charge in [0.2, 0.25) is 5.90 Å². The van der Waals surface area contributed by atoms with Crippen molar-refractivity contribution < 1.29 is 17.7 Å². The molecule has 1 atom stereocenters. The number of benzene rings is 5. The van der Waals surface area contributed by atoms with Gasteiger partial charge in [-0.2, -0.15) is 0 Å². The van der Waals surface area contributed by atoms with E-state index in [1.165, 1.54) is 5.56 Å². The predicted octanol–water partition coefficient (Wildman–Crippen LogP) is 8.84. The minimum absolute atomic E-state index is 0.0493. The van der Waals surface area contributed by atoms with Gasteiger partial charge in [0.05, 0.1) is 6.04 Å². The molecule has 0 N–H and O–H groups in total. The Morgan fingerprint density at radius 3 is 1.92 bits per heavy atom. The molecule has 0 spiro atoms. The smallest absolute Gasteiger partial charge is 0.388 e. The van der Waals surface area contributed by atoms with E-state index >= 15 is 0 Å². The van der Waals surface area contributed by atoms with Gasteiger partial charge in [-0.05, 0) is 59.5 Å². The largest absolute Gasteiger partial charge is 0.477 e. The Balaban J connectivity index is 1.36. The molecule has 0 amide bonds. The lowest BCUT2D eigenvalue weighted by molar-refractivity contribution is 0.188. The first kappa shape index (κ1) is 24.0. The molecule has 194 valence electrons. The second kappa shape index (κ2) is 9.60. The summed E-state index contributed by atoms with van der Waals surface area (Å²) in [6.45, 7) is 4.44. The maximum Gasteiger partial charge on any atom is 0.388 e. The van der Waals surface area contributed by atoms with Crippen molar-refractivity contribution in [3.05, 3.63) is 109 Å². The van der Waals surface area contributed by atoms with Crippen molar-refractivity contribution in [2.24, 2.45) is 4.99 Å². The SMILES string of the molecule is CC(C)(Op1oc2ccc3ccccc3c2c2c(ccc3ccccc32)o1)C1=N[C@@H](Cc2ccccc2)CO1. The Morgan fingerprint density at radius 1 is 0.744 bits per heavy atom. The molecule has 5 aromatic carbocycles. The van der Waals surface area contributed by atoms with Gasteiger partial charge >= 0.3 is 8.24 Å². The van der Waals surface area contributed by atoms with E-state index in [0.29, 0.717) is 12.5 Å². The van der Waals surface area contributed by atoms with E-state index in [1.54, 1.807) is 0 Å². The molecule has 6 heteroatoms. The Morgan fingerprint density at radius 2 is 1.31 bits per heavy atom. The molecular formula is C33H28NO4P. The van der Waals surface area contributed by atoms with Gasteiger partial charge < -0.3 is 13.1 Å². The van der Waals surface area contributed by atoms with Crippen molar-refractivity contribution in [1.82, 2.24) is 0 Å². The summed E-state index contributed by atoms with van der Waals surface area (Å²) < 4.78 is 25.6. The van der Waals surface area contributed by atoms with E-state index in [-0.39, 0.29) is 6.04 Å². The Kier molecular flexibility index (Phi) is 5.92. The third-order valence-corrected chi connectivity index (χ3v) is 8.52. The fraction of sp³-hybridized carbons (Fsp3) is 0.182. The number of nitrogens with zero attached hydrogens (tertiary/aromatic N) is 1. The molecule has 39 heavy (non-hydrogen) atoms. The highest BCUT2D eigenvalue weighted by atomic mass is 31.1. The van der Waals surface area contributed by atoms with Crippen LogP contribution in [0.1, 0.15) is 19.4 Å². The van der Waals surface area contributed by atoms with Crippen LogP contribution in [0.15, 0.2) is 117 Å². The summed E-state index contributed by atoms with van der Waals surface area (Å²) >= 11 is 0. The van der Waals surface area contributed by atoms with E-state index in [9.17, 15) is 0 Å². The molecule has 7 rings (SSSR count). The van der Waals surface area contributed by atoms with Crippen molar-refractivity contribution in [3.8, 4) is 0 Å². The fourth-order valence-electron chi connectivity index (χ4n) is 5.35. The van der Waals surface area contributed by atoms with Crippen LogP contribution in [-0.4, -0.2) is 24.1 Å². The summed E-state index contributed by atoms with van der Waals surface area (Å²) in [6.07, 6.45) is 0.823. The van der Waals surface area contributed by atoms with Crippen LogP contribution in [0.5, 0.6) is 0 Å². The van der Waals surface area contributed by atoms with Gasteiger partial charge in [0.25, 0.3) is 0 Å². The van der Waals surface area contributed by atoms with Crippen LogP contribution >= 0.6 is 8.24 Å². The molecule has 0 saturated heterocycles. The monoisotopic (exact) mass is 533 g/mol. The summed E-state index contributed by atoms with van der Waals surface area (Å²) in [5.41, 5.74) is 1.88. The highest BCUT2D eigenvalue weighted by molar-refractivity contribution is 7.32. The van der Waals surface area contributed by atoms with Gasteiger partial charge in [-0.3, -0.25) is 4.52 Å². The molecule has 1 aliphatic heterocycles. The Bertz CT molecular complexity index is 1810. The van der Waals surface area contributed by atoms with Crippen molar-refractivity contribution >= 4 is 57.6 Å². The van der Waals surface area contributed by atoms with Gasteiger partial charge in [-0.1, -0.05) is 91.0 Å². The first-order valence-electron chi connectivity index (χ1n) is 13.2. The molecule has 0 radical (unpaired) electrons. The lowest BCUT2D eigenvalue weighted by atomic mass is 9.99. The minimum atomic E-state index is -1.81. The van der Waals surface area contributed by atoms with Crippen molar-refractivity contribution in [2.45, 2.75) is 31.9 Å². The number of rotatable bonds is 5. The fourth-order valence-corrected chi connectivity index (χ4v) is 6.54. The number of aliphatic imine (C=N–C) groups is 1. The van der Waals surface area contributed by atoms with E-state index < -0.39 is 13.8 Å². The Labute approximate surface area is 227 Å². The highest BCUT2D eigenvalue weighted by Gasteiger charge is 2.36. The van der Waals surface area contributed by atoms with Crippen molar-refractivity contribution in [2.75, 3.05) is 6.61 Å². The summed E-state index contributed by atoms with van der Waals surface area (Å²) in [7, 11) is -1.81. The molecule has 1 aliphatic rings. The first-order valence-corrected chi connectivity index (χ1v) is 14.3. The summed E-state index contributed by atoms with van der Waals surface area (Å²) in [6, 6.07) is 35.4. The van der Waals surface area contributed by atoms with E-state index in [1.807, 2.05) is 44.2 Å². The van der Waals surface area contributed by atoms with Gasteiger partial charge in [0, 0.05) is 10.8 Å². The van der Waals surface area contributed by atoms with Crippen LogP contribution < -0.4 is 4.52 Å². The topological polar surface area (TPSA) is 57.1 Å². The molecule has 1 aromatic heterocycles. The quantitative estimate of drug-likeness (QED) is 0.222. The van der Waals surface area contributed by atoms with Gasteiger partial charge in [0.1, 0.15) is 17.8 Å². The van der Waals surface area contributed by atoms with Crippen molar-refractivity contribution in [1.29, 1.82) is 0 Å². The van der Waals surface area contributed by atoms with Gasteiger partial charge in [-0.25, -0.2) is 4.99 Å². The molecule has 0 unspecified atom stereocenters. The average molecular weight is 534 g/mol. The third kappa shape index (κ3) is 4.48. The highest BCUT2D eigenvalue weighted by Crippen LogP contribution is 2.41. The maximum atomic E-state index is 6.54. The lowest BCUT2D eigenvalue weighted by Gasteiger charge is -2.21. The normalized spacial score (nSPS) is 15.6. The van der Waals surface area contributed by atoms with Crippen LogP contribution in [0.2, 0.25) is 0 Å². The van der Waals surface area contributed by atoms with Crippen molar-refractivity contribution in [3.63, 3.8) is 0 Å². The zero-order valence-electron chi connectivity index (χ0n) is 21.8. The second-order valence-corrected chi connectivity index (χ2v) is 11.4. The average Bonchev–Trinajstić information content (AvgIpc) is 3.36. The third-order valence-electron chi connectivity index (χ3n) is 7.22. The van der Waals surface area contributed by atoms with Gasteiger partial charge in [-0.15, -0.1) is 0 Å². The molecule has 6 aromatic rings. The predicted molar refractivity (Wildman–Crippen MR) is 159 cm³/mol. The summed E-state index contributed by atoms with van der Waals surface area (Å²) in [5, 5.41) is 6.54. The summed E-state index contributed by atoms with van der Waals surface area (Å²) in [5.74, 6) is 0.569. The number of fused-ring (bicyclic) bond motifs is 7. The molecular weight excluding hydrogens is 505 g/mol. The van der Waals surface area contributed by atoms with E-state index in [4.69, 9.17) is 22.6 Å². The molecule has 5 nitrogen and oxygen atoms in total. The molecule has 0 saturated carbocycles. The van der Waals surface area contributed by atoms with Crippen LogP contribution in [0.4, 0.5) is 0 Å². The van der Waals surface area contributed by atoms with Crippen LogP contribution in [0, 0.1) is 0 Å². The molecule has 2 heterocycles. The van der Waals surface area contributed by atoms with E-state index in [2.05, 4.69) is 72.8 Å². The zero-order chi connectivity index (χ0) is 26.4. The van der Waals surface area contributed by atoms with Crippen LogP contribution in [0.3, 0.4) is 0 Å². The maximum absolute atomic E-state index is 6.54. The second-order valence-electron chi connectivity index (χ2n) is 10.4. The standard InChI is InChI=1S/C33H28NO4P/c1-33(2,32-34-25(21-35-32)20-22-10-4-3-5-11-22)38-39-36-28-18-16-23-12-6-8-14-26(23)30(28)31-27-15-9-7-13-24(27)17-19-29(31)37-39/h3-19,25H,20-21H2,1-2H3/t25-/m0/s1. The Hall–Kier alpha value is -4.05. The number of hydrogen-bond donors (Lipinski definition) is 0. The minimum Gasteiger partial charge on any atom is -0.477 e. The van der Waals surface area contributed by atoms with Crippen LogP contribution in [0.25, 0.3) is 43.5 Å².